The fraction of sp³-hybridized carbons (Fsp3) is 0.429. The molecule has 0 aromatic heterocycles. The summed E-state index contributed by atoms with van der Waals surface area (Å²) in [6, 6.07) is -0.224. The van der Waals surface area contributed by atoms with Crippen LogP contribution in [0.5, 0.6) is 5.75 Å². The highest BCUT2D eigenvalue weighted by atomic mass is 19.4. The minimum Gasteiger partial charge on any atom is -0.484 e. The number of carbonyl (C=O) groups is 2. The highest BCUT2D eigenvalue weighted by molar-refractivity contribution is 5.95. The number of hydrogen-bond acceptors (Lipinski definition) is 3. The van der Waals surface area contributed by atoms with Gasteiger partial charge < -0.3 is 10.1 Å². The Balaban J connectivity index is 2.04. The number of hydrogen-bond donors (Lipinski definition) is 2. The zero-order valence-corrected chi connectivity index (χ0v) is 12.4. The van der Waals surface area contributed by atoms with Crippen molar-refractivity contribution in [3.63, 3.8) is 0 Å². The molecule has 2 rings (SSSR count). The Morgan fingerprint density at radius 3 is 1.96 bits per heavy atom. The summed E-state index contributed by atoms with van der Waals surface area (Å²) < 4.78 is 80.7. The fourth-order valence-electron chi connectivity index (χ4n) is 1.77. The Hall–Kier alpha value is -2.46. The van der Waals surface area contributed by atoms with Gasteiger partial charge in [0.1, 0.15) is 5.75 Å². The number of amides is 3. The summed E-state index contributed by atoms with van der Waals surface area (Å²) in [6.07, 6.45) is -8.51. The van der Waals surface area contributed by atoms with Crippen LogP contribution >= 0.6 is 0 Å². The van der Waals surface area contributed by atoms with Crippen molar-refractivity contribution in [1.29, 1.82) is 0 Å². The van der Waals surface area contributed by atoms with Crippen molar-refractivity contribution >= 4 is 11.9 Å². The third-order valence-electron chi connectivity index (χ3n) is 3.10. The molecule has 1 aromatic carbocycles. The third-order valence-corrected chi connectivity index (χ3v) is 3.10. The van der Waals surface area contributed by atoms with Crippen LogP contribution in [0.3, 0.4) is 0 Å². The molecule has 1 saturated carbocycles. The first-order chi connectivity index (χ1) is 11.4. The van der Waals surface area contributed by atoms with Gasteiger partial charge in [-0.2, -0.15) is 26.3 Å². The molecule has 25 heavy (non-hydrogen) atoms. The zero-order valence-electron chi connectivity index (χ0n) is 12.4. The van der Waals surface area contributed by atoms with E-state index in [4.69, 9.17) is 0 Å². The number of alkyl halides is 6. The molecule has 0 bridgehead atoms. The molecule has 0 unspecified atom stereocenters. The molecular weight excluding hydrogens is 358 g/mol. The molecule has 1 aliphatic rings. The number of carbonyl (C=O) groups excluding carboxylic acids is 2. The smallest absolute Gasteiger partial charge is 0.416 e. The van der Waals surface area contributed by atoms with Crippen LogP contribution in [0.25, 0.3) is 0 Å². The third kappa shape index (κ3) is 5.84. The van der Waals surface area contributed by atoms with Gasteiger partial charge in [-0.25, -0.2) is 4.79 Å². The van der Waals surface area contributed by atoms with E-state index in [9.17, 15) is 35.9 Å². The first kappa shape index (κ1) is 18.9. The van der Waals surface area contributed by atoms with Gasteiger partial charge in [-0.1, -0.05) is 0 Å². The van der Waals surface area contributed by atoms with Crippen molar-refractivity contribution in [2.45, 2.75) is 31.2 Å². The van der Waals surface area contributed by atoms with Gasteiger partial charge in [0.25, 0.3) is 5.91 Å². The average molecular weight is 370 g/mol. The van der Waals surface area contributed by atoms with Crippen LogP contribution in [0.1, 0.15) is 24.0 Å². The van der Waals surface area contributed by atoms with Gasteiger partial charge in [0.15, 0.2) is 6.61 Å². The minimum absolute atomic E-state index is 0.0356. The SMILES string of the molecule is O=C(COc1cc(C(F)(F)F)cc(C(F)(F)F)c1)NC(=O)NC1CC1. The van der Waals surface area contributed by atoms with Crippen molar-refractivity contribution in [3.05, 3.63) is 29.3 Å². The molecule has 0 atom stereocenters. The van der Waals surface area contributed by atoms with Crippen molar-refractivity contribution in [3.8, 4) is 5.75 Å². The highest BCUT2D eigenvalue weighted by Gasteiger charge is 2.37. The van der Waals surface area contributed by atoms with E-state index in [1.807, 2.05) is 5.32 Å². The lowest BCUT2D eigenvalue weighted by atomic mass is 10.1. The molecule has 5 nitrogen and oxygen atoms in total. The first-order valence-corrected chi connectivity index (χ1v) is 6.98. The lowest BCUT2D eigenvalue weighted by Crippen LogP contribution is -2.42. The van der Waals surface area contributed by atoms with E-state index in [0.29, 0.717) is 12.1 Å². The molecule has 138 valence electrons. The van der Waals surface area contributed by atoms with E-state index in [1.54, 1.807) is 0 Å². The van der Waals surface area contributed by atoms with Crippen LogP contribution in [0.2, 0.25) is 0 Å². The number of imide groups is 1. The first-order valence-electron chi connectivity index (χ1n) is 6.98. The molecule has 0 heterocycles. The number of ether oxygens (including phenoxy) is 1. The number of halogens is 6. The van der Waals surface area contributed by atoms with E-state index >= 15 is 0 Å². The summed E-state index contributed by atoms with van der Waals surface area (Å²) in [5.74, 6) is -1.80. The van der Waals surface area contributed by atoms with Crippen molar-refractivity contribution in [2.24, 2.45) is 0 Å². The molecule has 1 fully saturated rings. The molecule has 0 radical (unpaired) electrons. The van der Waals surface area contributed by atoms with E-state index in [0.717, 1.165) is 12.8 Å². The van der Waals surface area contributed by atoms with Gasteiger partial charge in [0.2, 0.25) is 0 Å². The zero-order chi connectivity index (χ0) is 18.8. The summed E-state index contributed by atoms with van der Waals surface area (Å²) in [5, 5.41) is 4.27. The Bertz CT molecular complexity index is 635. The molecule has 1 aliphatic carbocycles. The van der Waals surface area contributed by atoms with Gasteiger partial charge in [-0.3, -0.25) is 10.1 Å². The van der Waals surface area contributed by atoms with Crippen LogP contribution in [-0.4, -0.2) is 24.6 Å². The fourth-order valence-corrected chi connectivity index (χ4v) is 1.77. The van der Waals surface area contributed by atoms with Gasteiger partial charge in [0, 0.05) is 6.04 Å². The second-order valence-corrected chi connectivity index (χ2v) is 5.33. The molecule has 3 amide bonds. The lowest BCUT2D eigenvalue weighted by Gasteiger charge is -2.14. The predicted octanol–water partition coefficient (Wildman–Crippen LogP) is 3.09. The van der Waals surface area contributed by atoms with Crippen LogP contribution in [0.4, 0.5) is 31.1 Å². The Kier molecular flexibility index (Phi) is 5.14. The Morgan fingerprint density at radius 2 is 1.52 bits per heavy atom. The molecule has 2 N–H and O–H groups in total. The predicted molar refractivity (Wildman–Crippen MR) is 71.6 cm³/mol. The standard InChI is InChI=1S/C14H12F6N2O3/c15-13(16,17)7-3-8(14(18,19)20)5-10(4-7)25-6-11(23)22-12(24)21-9-1-2-9/h3-5,9H,1-2,6H2,(H2,21,22,23,24). The highest BCUT2D eigenvalue weighted by Crippen LogP contribution is 2.38. The van der Waals surface area contributed by atoms with E-state index < -0.39 is 47.8 Å². The number of nitrogens with one attached hydrogen (secondary N) is 2. The van der Waals surface area contributed by atoms with Gasteiger partial charge >= 0.3 is 18.4 Å². The molecule has 0 saturated heterocycles. The summed E-state index contributed by atoms with van der Waals surface area (Å²) in [7, 11) is 0. The molecular formula is C14H12F6N2O3. The second kappa shape index (κ2) is 6.81. The largest absolute Gasteiger partial charge is 0.484 e. The van der Waals surface area contributed by atoms with Gasteiger partial charge in [-0.15, -0.1) is 0 Å². The maximum absolute atomic E-state index is 12.7. The van der Waals surface area contributed by atoms with Crippen LogP contribution < -0.4 is 15.4 Å². The summed E-state index contributed by atoms with van der Waals surface area (Å²) in [5.41, 5.74) is -3.13. The summed E-state index contributed by atoms with van der Waals surface area (Å²) >= 11 is 0. The number of urea groups is 1. The summed E-state index contributed by atoms with van der Waals surface area (Å²) in [6.45, 7) is -0.920. The van der Waals surface area contributed by atoms with Crippen LogP contribution in [0, 0.1) is 0 Å². The topological polar surface area (TPSA) is 67.4 Å². The average Bonchev–Trinajstić information content (AvgIpc) is 3.26. The Labute approximate surface area is 137 Å². The van der Waals surface area contributed by atoms with Gasteiger partial charge in [-0.05, 0) is 31.0 Å². The Morgan fingerprint density at radius 1 is 1.00 bits per heavy atom. The quantitative estimate of drug-likeness (QED) is 0.801. The monoisotopic (exact) mass is 370 g/mol. The normalized spacial score (nSPS) is 14.8. The molecule has 1 aromatic rings. The minimum atomic E-state index is -5.02. The van der Waals surface area contributed by atoms with Crippen LogP contribution in [0.15, 0.2) is 18.2 Å². The van der Waals surface area contributed by atoms with Gasteiger partial charge in [0.05, 0.1) is 11.1 Å². The number of benzene rings is 1. The van der Waals surface area contributed by atoms with E-state index in [-0.39, 0.29) is 12.1 Å². The van der Waals surface area contributed by atoms with E-state index in [1.165, 1.54) is 0 Å². The van der Waals surface area contributed by atoms with Crippen LogP contribution in [-0.2, 0) is 17.1 Å². The molecule has 0 aliphatic heterocycles. The summed E-state index contributed by atoms with van der Waals surface area (Å²) in [4.78, 5) is 22.7. The van der Waals surface area contributed by atoms with Crippen molar-refractivity contribution < 1.29 is 40.7 Å². The molecule has 0 spiro atoms. The maximum atomic E-state index is 12.7. The second-order valence-electron chi connectivity index (χ2n) is 5.33. The lowest BCUT2D eigenvalue weighted by molar-refractivity contribution is -0.143. The maximum Gasteiger partial charge on any atom is 0.416 e. The van der Waals surface area contributed by atoms with Crippen molar-refractivity contribution in [1.82, 2.24) is 10.6 Å². The molecule has 11 heteroatoms. The number of rotatable bonds is 4. The van der Waals surface area contributed by atoms with Crippen molar-refractivity contribution in [2.75, 3.05) is 6.61 Å². The van der Waals surface area contributed by atoms with E-state index in [2.05, 4.69) is 10.1 Å².